The Bertz CT molecular complexity index is 661. The number of aromatic nitrogens is 2. The maximum atomic E-state index is 12.0. The zero-order valence-electron chi connectivity index (χ0n) is 13.8. The van der Waals surface area contributed by atoms with E-state index in [4.69, 9.17) is 4.74 Å². The van der Waals surface area contributed by atoms with Crippen molar-refractivity contribution in [2.45, 2.75) is 39.7 Å². The average Bonchev–Trinajstić information content (AvgIpc) is 2.47. The summed E-state index contributed by atoms with van der Waals surface area (Å²) in [6, 6.07) is 7.95. The van der Waals surface area contributed by atoms with Gasteiger partial charge in [0.1, 0.15) is 5.60 Å². The molecule has 122 valence electrons. The minimum atomic E-state index is -0.450. The topological polar surface area (TPSA) is 52.1 Å². The predicted octanol–water partition coefficient (Wildman–Crippen LogP) is 4.43. The molecular formula is C18H21BrN2O2. The number of carbonyl (C=O) groups excluding carboxylic acids is 1. The predicted molar refractivity (Wildman–Crippen MR) is 93.9 cm³/mol. The molecule has 0 fully saturated rings. The van der Waals surface area contributed by atoms with Crippen LogP contribution in [-0.2, 0) is 16.0 Å². The van der Waals surface area contributed by atoms with Gasteiger partial charge in [-0.1, -0.05) is 31.2 Å². The van der Waals surface area contributed by atoms with Crippen LogP contribution in [-0.4, -0.2) is 21.5 Å². The third kappa shape index (κ3) is 5.43. The van der Waals surface area contributed by atoms with Crippen molar-refractivity contribution in [3.63, 3.8) is 0 Å². The van der Waals surface area contributed by atoms with Gasteiger partial charge >= 0.3 is 5.97 Å². The second-order valence-electron chi connectivity index (χ2n) is 6.56. The number of hydrogen-bond acceptors (Lipinski definition) is 4. The van der Waals surface area contributed by atoms with Crippen molar-refractivity contribution in [1.82, 2.24) is 9.97 Å². The summed E-state index contributed by atoms with van der Waals surface area (Å²) in [5, 5.41) is 0. The van der Waals surface area contributed by atoms with E-state index in [9.17, 15) is 4.79 Å². The Morgan fingerprint density at radius 2 is 1.74 bits per heavy atom. The number of ether oxygens (including phenoxy) is 1. The second-order valence-corrected chi connectivity index (χ2v) is 7.48. The molecule has 0 amide bonds. The van der Waals surface area contributed by atoms with Gasteiger partial charge in [-0.2, -0.15) is 0 Å². The van der Waals surface area contributed by atoms with Gasteiger partial charge in [0.05, 0.1) is 10.4 Å². The number of hydrogen-bond donors (Lipinski definition) is 0. The molecule has 0 unspecified atom stereocenters. The molecule has 0 saturated carbocycles. The van der Waals surface area contributed by atoms with Crippen molar-refractivity contribution in [3.05, 3.63) is 46.7 Å². The van der Waals surface area contributed by atoms with E-state index >= 15 is 0 Å². The molecule has 4 nitrogen and oxygen atoms in total. The molecule has 0 aliphatic carbocycles. The van der Waals surface area contributed by atoms with Gasteiger partial charge in [-0.05, 0) is 48.7 Å². The molecular weight excluding hydrogens is 356 g/mol. The lowest BCUT2D eigenvalue weighted by atomic mass is 9.99. The Morgan fingerprint density at radius 3 is 2.26 bits per heavy atom. The third-order valence-corrected chi connectivity index (χ3v) is 3.59. The lowest BCUT2D eigenvalue weighted by Crippen LogP contribution is -2.28. The van der Waals surface area contributed by atoms with Gasteiger partial charge < -0.3 is 4.74 Å². The fourth-order valence-electron chi connectivity index (χ4n) is 2.09. The molecule has 1 aromatic heterocycles. The first-order valence-corrected chi connectivity index (χ1v) is 8.33. The number of rotatable bonds is 4. The van der Waals surface area contributed by atoms with Crippen LogP contribution in [0, 0.1) is 5.92 Å². The van der Waals surface area contributed by atoms with E-state index in [1.54, 1.807) is 12.4 Å². The Labute approximate surface area is 145 Å². The van der Waals surface area contributed by atoms with Gasteiger partial charge in [-0.25, -0.2) is 9.97 Å². The van der Waals surface area contributed by atoms with Gasteiger partial charge in [0.2, 0.25) is 0 Å². The van der Waals surface area contributed by atoms with Crippen LogP contribution in [0.15, 0.2) is 41.1 Å². The van der Waals surface area contributed by atoms with Crippen LogP contribution in [0.3, 0.4) is 0 Å². The molecule has 0 radical (unpaired) electrons. The molecule has 0 spiro atoms. The van der Waals surface area contributed by atoms with Crippen molar-refractivity contribution in [2.75, 3.05) is 0 Å². The largest absolute Gasteiger partial charge is 0.460 e. The van der Waals surface area contributed by atoms with Crippen molar-refractivity contribution in [2.24, 2.45) is 5.92 Å². The zero-order chi connectivity index (χ0) is 17.0. The van der Waals surface area contributed by atoms with E-state index in [0.717, 1.165) is 15.6 Å². The number of nitrogens with zero attached hydrogens (tertiary/aromatic N) is 2. The van der Waals surface area contributed by atoms with Gasteiger partial charge in [-0.3, -0.25) is 4.79 Å². The van der Waals surface area contributed by atoms with E-state index in [2.05, 4.69) is 25.9 Å². The summed E-state index contributed by atoms with van der Waals surface area (Å²) < 4.78 is 6.26. The van der Waals surface area contributed by atoms with Crippen molar-refractivity contribution >= 4 is 21.9 Å². The van der Waals surface area contributed by atoms with E-state index in [1.807, 2.05) is 52.0 Å². The summed E-state index contributed by atoms with van der Waals surface area (Å²) in [6.07, 6.45) is 4.10. The Balaban J connectivity index is 2.02. The highest BCUT2D eigenvalue weighted by Gasteiger charge is 2.21. The van der Waals surface area contributed by atoms with E-state index in [-0.39, 0.29) is 11.9 Å². The minimum Gasteiger partial charge on any atom is -0.460 e. The molecule has 23 heavy (non-hydrogen) atoms. The summed E-state index contributed by atoms with van der Waals surface area (Å²) in [6.45, 7) is 7.53. The van der Waals surface area contributed by atoms with Crippen molar-refractivity contribution < 1.29 is 9.53 Å². The molecule has 0 bridgehead atoms. The number of benzene rings is 1. The molecule has 0 aliphatic heterocycles. The Hall–Kier alpha value is -1.75. The summed E-state index contributed by atoms with van der Waals surface area (Å²) in [5.41, 5.74) is 1.59. The summed E-state index contributed by atoms with van der Waals surface area (Å²) in [7, 11) is 0. The molecule has 2 aromatic rings. The molecule has 0 N–H and O–H groups in total. The summed E-state index contributed by atoms with van der Waals surface area (Å²) in [5.74, 6) is 0.335. The molecule has 0 saturated heterocycles. The maximum Gasteiger partial charge on any atom is 0.309 e. The van der Waals surface area contributed by atoms with Gasteiger partial charge in [0, 0.05) is 18.0 Å². The first-order valence-electron chi connectivity index (χ1n) is 7.54. The van der Waals surface area contributed by atoms with Crippen LogP contribution >= 0.6 is 15.9 Å². The van der Waals surface area contributed by atoms with Crippen LogP contribution < -0.4 is 0 Å². The minimum absolute atomic E-state index is 0.169. The van der Waals surface area contributed by atoms with Crippen LogP contribution in [0.25, 0.3) is 11.4 Å². The van der Waals surface area contributed by atoms with Gasteiger partial charge in [-0.15, -0.1) is 0 Å². The summed E-state index contributed by atoms with van der Waals surface area (Å²) in [4.78, 5) is 20.6. The molecule has 0 aliphatic rings. The Kier molecular flexibility index (Phi) is 5.52. The molecule has 1 heterocycles. The van der Waals surface area contributed by atoms with Gasteiger partial charge in [0.15, 0.2) is 5.82 Å². The van der Waals surface area contributed by atoms with E-state index in [0.29, 0.717) is 12.2 Å². The maximum absolute atomic E-state index is 12.0. The van der Waals surface area contributed by atoms with Crippen molar-refractivity contribution in [1.29, 1.82) is 0 Å². The van der Waals surface area contributed by atoms with Gasteiger partial charge in [0.25, 0.3) is 0 Å². The fourth-order valence-corrected chi connectivity index (χ4v) is 2.30. The average molecular weight is 377 g/mol. The molecule has 5 heteroatoms. The molecule has 2 rings (SSSR count). The zero-order valence-corrected chi connectivity index (χ0v) is 15.4. The van der Waals surface area contributed by atoms with Crippen LogP contribution in [0.1, 0.15) is 33.3 Å². The highest BCUT2D eigenvalue weighted by Crippen LogP contribution is 2.19. The highest BCUT2D eigenvalue weighted by atomic mass is 79.9. The van der Waals surface area contributed by atoms with E-state index in [1.165, 1.54) is 0 Å². The number of halogens is 1. The van der Waals surface area contributed by atoms with Crippen LogP contribution in [0.5, 0.6) is 0 Å². The normalized spacial score (nSPS) is 12.7. The quantitative estimate of drug-likeness (QED) is 0.740. The van der Waals surface area contributed by atoms with E-state index < -0.39 is 5.60 Å². The SMILES string of the molecule is C[C@@H](Cc1ccc(-c2ncc(Br)cn2)cc1)C(=O)OC(C)(C)C. The monoisotopic (exact) mass is 376 g/mol. The third-order valence-electron chi connectivity index (χ3n) is 3.18. The highest BCUT2D eigenvalue weighted by molar-refractivity contribution is 9.10. The lowest BCUT2D eigenvalue weighted by Gasteiger charge is -2.22. The van der Waals surface area contributed by atoms with Crippen molar-refractivity contribution in [3.8, 4) is 11.4 Å². The number of esters is 1. The molecule has 1 aromatic carbocycles. The standard InChI is InChI=1S/C18H21BrN2O2/c1-12(17(22)23-18(2,3)4)9-13-5-7-14(8-6-13)16-20-10-15(19)11-21-16/h5-8,10-12H,9H2,1-4H3/t12-/m0/s1. The smallest absolute Gasteiger partial charge is 0.309 e. The second kappa shape index (κ2) is 7.21. The fraction of sp³-hybridized carbons (Fsp3) is 0.389. The molecule has 1 atom stereocenters. The lowest BCUT2D eigenvalue weighted by molar-refractivity contribution is -0.159. The first kappa shape index (κ1) is 17.6. The first-order chi connectivity index (χ1) is 10.7. The Morgan fingerprint density at radius 1 is 1.17 bits per heavy atom. The summed E-state index contributed by atoms with van der Waals surface area (Å²) >= 11 is 3.32. The van der Waals surface area contributed by atoms with Crippen LogP contribution in [0.4, 0.5) is 0 Å². The van der Waals surface area contributed by atoms with Crippen LogP contribution in [0.2, 0.25) is 0 Å². The number of carbonyl (C=O) groups is 1.